The normalized spacial score (nSPS) is 10.8. The summed E-state index contributed by atoms with van der Waals surface area (Å²) in [5.41, 5.74) is -0.336. The summed E-state index contributed by atoms with van der Waals surface area (Å²) < 4.78 is 16.2. The van der Waals surface area contributed by atoms with Gasteiger partial charge in [-0.15, -0.1) is 0 Å². The third kappa shape index (κ3) is 5.76. The van der Waals surface area contributed by atoms with Crippen LogP contribution < -0.4 is 9.47 Å². The molecule has 0 aliphatic rings. The van der Waals surface area contributed by atoms with Gasteiger partial charge in [0.15, 0.2) is 0 Å². The van der Waals surface area contributed by atoms with Crippen molar-refractivity contribution >= 4 is 17.9 Å². The van der Waals surface area contributed by atoms with Crippen LogP contribution in [0.3, 0.4) is 0 Å². The van der Waals surface area contributed by atoms with Crippen LogP contribution >= 0.6 is 0 Å². The second kappa shape index (κ2) is 9.21. The van der Waals surface area contributed by atoms with Crippen LogP contribution in [0.1, 0.15) is 51.8 Å². The van der Waals surface area contributed by atoms with Crippen molar-refractivity contribution in [2.75, 3.05) is 0 Å². The Morgan fingerprint density at radius 1 is 0.710 bits per heavy atom. The molecule has 0 amide bonds. The molecular weight excluding hydrogens is 398 g/mol. The minimum Gasteiger partial charge on any atom is -0.456 e. The SMILES string of the molecule is CC(C)(C)OC(=O)c1ccccc1OC(=O)c1ccccc1OC(=O)c1cccnc1. The van der Waals surface area contributed by atoms with Crippen LogP contribution in [-0.2, 0) is 4.74 Å². The molecule has 158 valence electrons. The first-order valence-corrected chi connectivity index (χ1v) is 9.50. The highest BCUT2D eigenvalue weighted by Gasteiger charge is 2.24. The largest absolute Gasteiger partial charge is 0.456 e. The molecule has 1 aromatic heterocycles. The smallest absolute Gasteiger partial charge is 0.347 e. The number of ether oxygens (including phenoxy) is 3. The number of nitrogens with zero attached hydrogens (tertiary/aromatic N) is 1. The van der Waals surface area contributed by atoms with Crippen molar-refractivity contribution in [1.29, 1.82) is 0 Å². The van der Waals surface area contributed by atoms with Crippen molar-refractivity contribution < 1.29 is 28.6 Å². The molecule has 0 radical (unpaired) electrons. The maximum absolute atomic E-state index is 12.8. The zero-order chi connectivity index (χ0) is 22.4. The van der Waals surface area contributed by atoms with Gasteiger partial charge in [-0.05, 0) is 57.2 Å². The predicted octanol–water partition coefficient (Wildman–Crippen LogP) is 4.48. The second-order valence-corrected chi connectivity index (χ2v) is 7.51. The third-order valence-electron chi connectivity index (χ3n) is 3.92. The van der Waals surface area contributed by atoms with Crippen molar-refractivity contribution in [2.24, 2.45) is 0 Å². The molecule has 0 N–H and O–H groups in total. The lowest BCUT2D eigenvalue weighted by molar-refractivity contribution is 0.00667. The Hall–Kier alpha value is -4.00. The average Bonchev–Trinajstić information content (AvgIpc) is 2.74. The summed E-state index contributed by atoms with van der Waals surface area (Å²) in [6, 6.07) is 15.6. The molecule has 3 aromatic rings. The molecule has 7 nitrogen and oxygen atoms in total. The fourth-order valence-corrected chi connectivity index (χ4v) is 2.58. The molecule has 1 heterocycles. The van der Waals surface area contributed by atoms with Gasteiger partial charge in [0.25, 0.3) is 0 Å². The standard InChI is InChI=1S/C24H21NO6/c1-24(2,3)31-23(28)18-11-5-7-13-20(18)30-22(27)17-10-4-6-12-19(17)29-21(26)16-9-8-14-25-15-16/h4-15H,1-3H3. The molecule has 0 fully saturated rings. The van der Waals surface area contributed by atoms with Crippen LogP contribution in [0.5, 0.6) is 11.5 Å². The number of carbonyl (C=O) groups is 3. The summed E-state index contributed by atoms with van der Waals surface area (Å²) in [6.45, 7) is 5.23. The molecule has 0 saturated heterocycles. The number of carbonyl (C=O) groups excluding carboxylic acids is 3. The van der Waals surface area contributed by atoms with Crippen LogP contribution in [0.2, 0.25) is 0 Å². The number of hydrogen-bond acceptors (Lipinski definition) is 7. The number of benzene rings is 2. The fourth-order valence-electron chi connectivity index (χ4n) is 2.58. The molecule has 0 aliphatic carbocycles. The van der Waals surface area contributed by atoms with E-state index in [2.05, 4.69) is 4.98 Å². The molecule has 3 rings (SSSR count). The van der Waals surface area contributed by atoms with Gasteiger partial charge < -0.3 is 14.2 Å². The maximum atomic E-state index is 12.8. The minimum atomic E-state index is -0.786. The van der Waals surface area contributed by atoms with Crippen LogP contribution in [-0.4, -0.2) is 28.5 Å². The Balaban J connectivity index is 1.83. The van der Waals surface area contributed by atoms with Crippen LogP contribution in [0.25, 0.3) is 0 Å². The summed E-state index contributed by atoms with van der Waals surface area (Å²) in [5, 5.41) is 0. The van der Waals surface area contributed by atoms with E-state index in [0.717, 1.165) is 0 Å². The van der Waals surface area contributed by atoms with Gasteiger partial charge in [-0.25, -0.2) is 14.4 Å². The highest BCUT2D eigenvalue weighted by atomic mass is 16.6. The average molecular weight is 419 g/mol. The number of para-hydroxylation sites is 2. The van der Waals surface area contributed by atoms with Crippen molar-refractivity contribution in [2.45, 2.75) is 26.4 Å². The first-order chi connectivity index (χ1) is 14.7. The monoisotopic (exact) mass is 419 g/mol. The number of pyridine rings is 1. The van der Waals surface area contributed by atoms with Crippen molar-refractivity contribution in [1.82, 2.24) is 4.98 Å². The molecule has 0 unspecified atom stereocenters. The van der Waals surface area contributed by atoms with E-state index in [-0.39, 0.29) is 28.2 Å². The second-order valence-electron chi connectivity index (χ2n) is 7.51. The summed E-state index contributed by atoms with van der Waals surface area (Å²) in [7, 11) is 0. The molecule has 0 saturated carbocycles. The lowest BCUT2D eigenvalue weighted by Gasteiger charge is -2.20. The highest BCUT2D eigenvalue weighted by molar-refractivity contribution is 5.99. The van der Waals surface area contributed by atoms with Gasteiger partial charge in [0.1, 0.15) is 28.2 Å². The van der Waals surface area contributed by atoms with Crippen molar-refractivity contribution in [3.05, 3.63) is 89.7 Å². The van der Waals surface area contributed by atoms with Gasteiger partial charge in [-0.3, -0.25) is 4.98 Å². The third-order valence-corrected chi connectivity index (χ3v) is 3.92. The van der Waals surface area contributed by atoms with Crippen LogP contribution in [0.15, 0.2) is 73.1 Å². The maximum Gasteiger partial charge on any atom is 0.347 e. The quantitative estimate of drug-likeness (QED) is 0.445. The summed E-state index contributed by atoms with van der Waals surface area (Å²) in [5.74, 6) is -2.01. The van der Waals surface area contributed by atoms with Gasteiger partial charge in [-0.1, -0.05) is 24.3 Å². The number of hydrogen-bond donors (Lipinski definition) is 0. The van der Waals surface area contributed by atoms with E-state index in [4.69, 9.17) is 14.2 Å². The van der Waals surface area contributed by atoms with Gasteiger partial charge in [-0.2, -0.15) is 0 Å². The van der Waals surface area contributed by atoms with Gasteiger partial charge in [0.05, 0.1) is 5.56 Å². The Labute approximate surface area is 179 Å². The van der Waals surface area contributed by atoms with Crippen LogP contribution in [0.4, 0.5) is 0 Å². The predicted molar refractivity (Wildman–Crippen MR) is 112 cm³/mol. The number of rotatable bonds is 5. The molecule has 0 atom stereocenters. The lowest BCUT2D eigenvalue weighted by Crippen LogP contribution is -2.24. The van der Waals surface area contributed by atoms with Crippen molar-refractivity contribution in [3.8, 4) is 11.5 Å². The summed E-state index contributed by atoms with van der Waals surface area (Å²) in [6.07, 6.45) is 2.89. The molecule has 0 bridgehead atoms. The Morgan fingerprint density at radius 2 is 1.26 bits per heavy atom. The molecule has 2 aromatic carbocycles. The van der Waals surface area contributed by atoms with E-state index in [1.54, 1.807) is 57.2 Å². The molecule has 0 aliphatic heterocycles. The first-order valence-electron chi connectivity index (χ1n) is 9.50. The fraction of sp³-hybridized carbons (Fsp3) is 0.167. The van der Waals surface area contributed by atoms with E-state index < -0.39 is 23.5 Å². The van der Waals surface area contributed by atoms with E-state index in [1.807, 2.05) is 0 Å². The van der Waals surface area contributed by atoms with Gasteiger partial charge in [0.2, 0.25) is 0 Å². The zero-order valence-corrected chi connectivity index (χ0v) is 17.3. The van der Waals surface area contributed by atoms with E-state index in [1.165, 1.54) is 36.7 Å². The van der Waals surface area contributed by atoms with E-state index >= 15 is 0 Å². The lowest BCUT2D eigenvalue weighted by atomic mass is 10.1. The highest BCUT2D eigenvalue weighted by Crippen LogP contribution is 2.25. The van der Waals surface area contributed by atoms with E-state index in [9.17, 15) is 14.4 Å². The van der Waals surface area contributed by atoms with Crippen molar-refractivity contribution in [3.63, 3.8) is 0 Å². The number of esters is 3. The Morgan fingerprint density at radius 3 is 1.81 bits per heavy atom. The zero-order valence-electron chi connectivity index (χ0n) is 17.3. The molecule has 7 heteroatoms. The first kappa shape index (κ1) is 21.7. The molecular formula is C24H21NO6. The van der Waals surface area contributed by atoms with Crippen LogP contribution in [0, 0.1) is 0 Å². The molecule has 31 heavy (non-hydrogen) atoms. The Kier molecular flexibility index (Phi) is 6.45. The molecule has 0 spiro atoms. The van der Waals surface area contributed by atoms with E-state index in [0.29, 0.717) is 0 Å². The minimum absolute atomic E-state index is 0.0242. The summed E-state index contributed by atoms with van der Waals surface area (Å²) >= 11 is 0. The topological polar surface area (TPSA) is 91.8 Å². The van der Waals surface area contributed by atoms with Gasteiger partial charge >= 0.3 is 17.9 Å². The Bertz CT molecular complexity index is 1100. The summed E-state index contributed by atoms with van der Waals surface area (Å²) in [4.78, 5) is 41.5. The van der Waals surface area contributed by atoms with Gasteiger partial charge in [0, 0.05) is 12.4 Å². The number of aromatic nitrogens is 1.